The van der Waals surface area contributed by atoms with Crippen molar-refractivity contribution in [3.63, 3.8) is 0 Å². The van der Waals surface area contributed by atoms with Gasteiger partial charge in [0.1, 0.15) is 11.6 Å². The highest BCUT2D eigenvalue weighted by Gasteiger charge is 2.13. The summed E-state index contributed by atoms with van der Waals surface area (Å²) in [6, 6.07) is 8.54. The van der Waals surface area contributed by atoms with Crippen molar-refractivity contribution in [3.8, 4) is 0 Å². The molecule has 0 saturated heterocycles. The Morgan fingerprint density at radius 3 is 2.75 bits per heavy atom. The molecule has 1 unspecified atom stereocenters. The Labute approximate surface area is 98.8 Å². The fourth-order valence-electron chi connectivity index (χ4n) is 1.60. The molecule has 0 saturated carbocycles. The van der Waals surface area contributed by atoms with Gasteiger partial charge in [-0.2, -0.15) is 0 Å². The maximum atomic E-state index is 13.4. The van der Waals surface area contributed by atoms with Gasteiger partial charge in [0.2, 0.25) is 0 Å². The molecule has 0 spiro atoms. The lowest BCUT2D eigenvalue weighted by Crippen LogP contribution is -1.97. The molecular weight excluding hydrogens is 227 g/mol. The van der Waals surface area contributed by atoms with E-state index in [2.05, 4.69) is 0 Å². The van der Waals surface area contributed by atoms with Crippen LogP contribution in [-0.4, -0.2) is 0 Å². The summed E-state index contributed by atoms with van der Waals surface area (Å²) in [5.74, 6) is 0.600. The molecule has 0 fully saturated rings. The lowest BCUT2D eigenvalue weighted by molar-refractivity contribution is 0.531. The van der Waals surface area contributed by atoms with Gasteiger partial charge in [-0.3, -0.25) is 0 Å². The molecule has 0 aliphatic carbocycles. The van der Waals surface area contributed by atoms with Crippen LogP contribution in [-0.2, 0) is 6.42 Å². The van der Waals surface area contributed by atoms with E-state index < -0.39 is 0 Å². The van der Waals surface area contributed by atoms with Gasteiger partial charge < -0.3 is 4.42 Å². The molecule has 2 rings (SSSR count). The highest BCUT2D eigenvalue weighted by atomic mass is 35.5. The first-order chi connectivity index (χ1) is 7.66. The van der Waals surface area contributed by atoms with Crippen molar-refractivity contribution in [1.82, 2.24) is 0 Å². The Kier molecular flexibility index (Phi) is 3.30. The fraction of sp³-hybridized carbons (Fsp3) is 0.231. The van der Waals surface area contributed by atoms with Crippen molar-refractivity contribution < 1.29 is 8.81 Å². The standard InChI is InChI=1S/C13H12ClFO/c1-9-6-11(8-16-9)12(14)7-10-4-2-3-5-13(10)15/h2-6,8,12H,7H2,1H3. The number of furan rings is 1. The van der Waals surface area contributed by atoms with Crippen molar-refractivity contribution in [2.24, 2.45) is 0 Å². The van der Waals surface area contributed by atoms with Crippen LogP contribution < -0.4 is 0 Å². The average molecular weight is 239 g/mol. The Morgan fingerprint density at radius 1 is 1.38 bits per heavy atom. The second-order valence-electron chi connectivity index (χ2n) is 3.75. The smallest absolute Gasteiger partial charge is 0.126 e. The molecule has 3 heteroatoms. The van der Waals surface area contributed by atoms with E-state index in [4.69, 9.17) is 16.0 Å². The number of aryl methyl sites for hydroxylation is 1. The van der Waals surface area contributed by atoms with Gasteiger partial charge in [-0.05, 0) is 31.0 Å². The van der Waals surface area contributed by atoms with Gasteiger partial charge in [0.15, 0.2) is 0 Å². The minimum Gasteiger partial charge on any atom is -0.469 e. The summed E-state index contributed by atoms with van der Waals surface area (Å²) in [7, 11) is 0. The van der Waals surface area contributed by atoms with Gasteiger partial charge in [-0.15, -0.1) is 11.6 Å². The van der Waals surface area contributed by atoms with Crippen LogP contribution >= 0.6 is 11.6 Å². The van der Waals surface area contributed by atoms with Gasteiger partial charge in [0, 0.05) is 5.56 Å². The zero-order valence-electron chi connectivity index (χ0n) is 8.91. The molecule has 0 radical (unpaired) electrons. The maximum Gasteiger partial charge on any atom is 0.126 e. The van der Waals surface area contributed by atoms with E-state index in [9.17, 15) is 4.39 Å². The third-order valence-corrected chi connectivity index (χ3v) is 2.88. The molecule has 1 nitrogen and oxygen atoms in total. The van der Waals surface area contributed by atoms with Crippen LogP contribution in [0, 0.1) is 12.7 Å². The summed E-state index contributed by atoms with van der Waals surface area (Å²) in [6.07, 6.45) is 2.08. The first-order valence-corrected chi connectivity index (χ1v) is 5.53. The molecule has 16 heavy (non-hydrogen) atoms. The van der Waals surface area contributed by atoms with Crippen LogP contribution in [0.25, 0.3) is 0 Å². The topological polar surface area (TPSA) is 13.1 Å². The molecule has 0 bridgehead atoms. The van der Waals surface area contributed by atoms with Crippen LogP contribution in [0.15, 0.2) is 41.0 Å². The van der Waals surface area contributed by atoms with E-state index in [1.807, 2.05) is 19.1 Å². The Hall–Kier alpha value is -1.28. The largest absolute Gasteiger partial charge is 0.469 e. The highest BCUT2D eigenvalue weighted by molar-refractivity contribution is 6.20. The molecule has 1 heterocycles. The summed E-state index contributed by atoms with van der Waals surface area (Å²) in [5.41, 5.74) is 1.52. The van der Waals surface area contributed by atoms with Crippen LogP contribution in [0.3, 0.4) is 0 Å². The molecule has 1 aromatic carbocycles. The summed E-state index contributed by atoms with van der Waals surface area (Å²) >= 11 is 6.20. The lowest BCUT2D eigenvalue weighted by Gasteiger charge is -2.07. The third kappa shape index (κ3) is 2.45. The third-order valence-electron chi connectivity index (χ3n) is 2.47. The summed E-state index contributed by atoms with van der Waals surface area (Å²) < 4.78 is 18.6. The van der Waals surface area contributed by atoms with Crippen molar-refractivity contribution >= 4 is 11.6 Å². The molecule has 1 aromatic heterocycles. The zero-order chi connectivity index (χ0) is 11.5. The number of alkyl halides is 1. The van der Waals surface area contributed by atoms with Crippen LogP contribution in [0.2, 0.25) is 0 Å². The van der Waals surface area contributed by atoms with E-state index in [1.165, 1.54) is 6.07 Å². The lowest BCUT2D eigenvalue weighted by atomic mass is 10.1. The number of halogens is 2. The van der Waals surface area contributed by atoms with E-state index in [0.717, 1.165) is 11.3 Å². The predicted molar refractivity (Wildman–Crippen MR) is 62.1 cm³/mol. The van der Waals surface area contributed by atoms with Crippen LogP contribution in [0.1, 0.15) is 22.3 Å². The number of hydrogen-bond acceptors (Lipinski definition) is 1. The minimum atomic E-state index is -0.255. The van der Waals surface area contributed by atoms with E-state index in [0.29, 0.717) is 12.0 Å². The monoisotopic (exact) mass is 238 g/mol. The molecule has 1 atom stereocenters. The van der Waals surface area contributed by atoms with Gasteiger partial charge >= 0.3 is 0 Å². The average Bonchev–Trinajstić information content (AvgIpc) is 2.68. The zero-order valence-corrected chi connectivity index (χ0v) is 9.67. The molecule has 0 aliphatic rings. The van der Waals surface area contributed by atoms with Crippen molar-refractivity contribution in [3.05, 3.63) is 59.3 Å². The predicted octanol–water partition coefficient (Wildman–Crippen LogP) is 4.25. The van der Waals surface area contributed by atoms with Crippen LogP contribution in [0.5, 0.6) is 0 Å². The second kappa shape index (κ2) is 4.71. The Morgan fingerprint density at radius 2 is 2.12 bits per heavy atom. The number of rotatable bonds is 3. The first-order valence-electron chi connectivity index (χ1n) is 5.09. The summed E-state index contributed by atoms with van der Waals surface area (Å²) in [6.45, 7) is 1.86. The quantitative estimate of drug-likeness (QED) is 0.729. The number of hydrogen-bond donors (Lipinski definition) is 0. The fourth-order valence-corrected chi connectivity index (χ4v) is 1.88. The van der Waals surface area contributed by atoms with Gasteiger partial charge in [0.25, 0.3) is 0 Å². The molecule has 84 valence electrons. The molecule has 0 N–H and O–H groups in total. The Balaban J connectivity index is 2.13. The van der Waals surface area contributed by atoms with Crippen molar-refractivity contribution in [2.45, 2.75) is 18.7 Å². The maximum absolute atomic E-state index is 13.4. The van der Waals surface area contributed by atoms with Gasteiger partial charge in [0.05, 0.1) is 11.6 Å². The van der Waals surface area contributed by atoms with Gasteiger partial charge in [-0.1, -0.05) is 18.2 Å². The normalized spacial score (nSPS) is 12.7. The van der Waals surface area contributed by atoms with E-state index >= 15 is 0 Å². The van der Waals surface area contributed by atoms with Crippen molar-refractivity contribution in [2.75, 3.05) is 0 Å². The first kappa shape index (κ1) is 11.2. The second-order valence-corrected chi connectivity index (χ2v) is 4.28. The van der Waals surface area contributed by atoms with Crippen molar-refractivity contribution in [1.29, 1.82) is 0 Å². The van der Waals surface area contributed by atoms with Crippen LogP contribution in [0.4, 0.5) is 4.39 Å². The van der Waals surface area contributed by atoms with E-state index in [-0.39, 0.29) is 11.2 Å². The van der Waals surface area contributed by atoms with E-state index in [1.54, 1.807) is 18.4 Å². The summed E-state index contributed by atoms with van der Waals surface area (Å²) in [5, 5.41) is -0.255. The highest BCUT2D eigenvalue weighted by Crippen LogP contribution is 2.27. The Bertz CT molecular complexity index is 478. The molecule has 2 aromatic rings. The molecular formula is C13H12ClFO. The van der Waals surface area contributed by atoms with Gasteiger partial charge in [-0.25, -0.2) is 4.39 Å². The molecule has 0 amide bonds. The SMILES string of the molecule is Cc1cc(C(Cl)Cc2ccccc2F)co1. The minimum absolute atomic E-state index is 0.214. The summed E-state index contributed by atoms with van der Waals surface area (Å²) in [4.78, 5) is 0. The molecule has 0 aliphatic heterocycles. The number of benzene rings is 1.